The average Bonchev–Trinajstić information content (AvgIpc) is 3.26. The SMILES string of the molecule is Cc1nc2cccnc2n1-c1cccc(C(=O)NCc2cccs2)c1. The zero-order chi connectivity index (χ0) is 17.2. The molecule has 1 amide bonds. The predicted octanol–water partition coefficient (Wildman–Crippen LogP) is 3.72. The lowest BCUT2D eigenvalue weighted by Crippen LogP contribution is -2.22. The van der Waals surface area contributed by atoms with Crippen molar-refractivity contribution in [3.63, 3.8) is 0 Å². The number of pyridine rings is 1. The van der Waals surface area contributed by atoms with E-state index in [1.807, 2.05) is 65.4 Å². The van der Waals surface area contributed by atoms with Crippen LogP contribution < -0.4 is 5.32 Å². The van der Waals surface area contributed by atoms with E-state index >= 15 is 0 Å². The number of carbonyl (C=O) groups is 1. The summed E-state index contributed by atoms with van der Waals surface area (Å²) in [4.78, 5) is 22.6. The summed E-state index contributed by atoms with van der Waals surface area (Å²) >= 11 is 1.63. The van der Waals surface area contributed by atoms with Gasteiger partial charge in [0.2, 0.25) is 0 Å². The number of fused-ring (bicyclic) bond motifs is 1. The largest absolute Gasteiger partial charge is 0.347 e. The predicted molar refractivity (Wildman–Crippen MR) is 99.1 cm³/mol. The Balaban J connectivity index is 1.64. The van der Waals surface area contributed by atoms with Crippen molar-refractivity contribution >= 4 is 28.4 Å². The second kappa shape index (κ2) is 6.49. The lowest BCUT2D eigenvalue weighted by Gasteiger charge is -2.09. The van der Waals surface area contributed by atoms with Gasteiger partial charge in [-0.05, 0) is 48.7 Å². The van der Waals surface area contributed by atoms with Crippen LogP contribution in [0.15, 0.2) is 60.1 Å². The van der Waals surface area contributed by atoms with E-state index in [0.717, 1.165) is 27.6 Å². The van der Waals surface area contributed by atoms with E-state index in [9.17, 15) is 4.79 Å². The van der Waals surface area contributed by atoms with Crippen molar-refractivity contribution in [2.75, 3.05) is 0 Å². The van der Waals surface area contributed by atoms with E-state index in [4.69, 9.17) is 0 Å². The maximum absolute atomic E-state index is 12.5. The van der Waals surface area contributed by atoms with Gasteiger partial charge >= 0.3 is 0 Å². The molecule has 0 spiro atoms. The zero-order valence-electron chi connectivity index (χ0n) is 13.6. The first kappa shape index (κ1) is 15.5. The minimum absolute atomic E-state index is 0.0923. The van der Waals surface area contributed by atoms with Crippen molar-refractivity contribution in [2.45, 2.75) is 13.5 Å². The molecule has 1 N–H and O–H groups in total. The number of carbonyl (C=O) groups excluding carboxylic acids is 1. The van der Waals surface area contributed by atoms with E-state index in [0.29, 0.717) is 12.1 Å². The van der Waals surface area contributed by atoms with Gasteiger partial charge in [-0.25, -0.2) is 9.97 Å². The highest BCUT2D eigenvalue weighted by molar-refractivity contribution is 7.09. The van der Waals surface area contributed by atoms with Gasteiger partial charge < -0.3 is 5.32 Å². The fourth-order valence-corrected chi connectivity index (χ4v) is 3.45. The van der Waals surface area contributed by atoms with E-state index in [-0.39, 0.29) is 5.91 Å². The normalized spacial score (nSPS) is 10.9. The number of amides is 1. The third-order valence-corrected chi connectivity index (χ3v) is 4.83. The van der Waals surface area contributed by atoms with Gasteiger partial charge in [-0.15, -0.1) is 11.3 Å². The molecular formula is C19H16N4OS. The summed E-state index contributed by atoms with van der Waals surface area (Å²) in [6.07, 6.45) is 1.75. The van der Waals surface area contributed by atoms with Gasteiger partial charge in [-0.3, -0.25) is 9.36 Å². The second-order valence-electron chi connectivity index (χ2n) is 5.65. The smallest absolute Gasteiger partial charge is 0.251 e. The number of aromatic nitrogens is 3. The summed E-state index contributed by atoms with van der Waals surface area (Å²) in [7, 11) is 0. The Morgan fingerprint density at radius 3 is 2.96 bits per heavy atom. The molecular weight excluding hydrogens is 332 g/mol. The molecule has 0 aliphatic rings. The van der Waals surface area contributed by atoms with Crippen LogP contribution in [0.1, 0.15) is 21.1 Å². The maximum atomic E-state index is 12.5. The number of thiophene rings is 1. The van der Waals surface area contributed by atoms with E-state index in [2.05, 4.69) is 15.3 Å². The second-order valence-corrected chi connectivity index (χ2v) is 6.69. The first-order valence-electron chi connectivity index (χ1n) is 7.93. The molecule has 25 heavy (non-hydrogen) atoms. The fourth-order valence-electron chi connectivity index (χ4n) is 2.80. The van der Waals surface area contributed by atoms with Crippen LogP contribution >= 0.6 is 11.3 Å². The Kier molecular flexibility index (Phi) is 4.03. The Hall–Kier alpha value is -2.99. The minimum atomic E-state index is -0.0923. The molecule has 0 saturated heterocycles. The van der Waals surface area contributed by atoms with Crippen LogP contribution in [0.4, 0.5) is 0 Å². The molecule has 0 saturated carbocycles. The summed E-state index contributed by atoms with van der Waals surface area (Å²) in [5.74, 6) is 0.745. The lowest BCUT2D eigenvalue weighted by molar-refractivity contribution is 0.0951. The molecule has 3 aromatic heterocycles. The Labute approximate surface area is 149 Å². The third kappa shape index (κ3) is 3.04. The molecule has 0 aliphatic carbocycles. The molecule has 0 aliphatic heterocycles. The molecule has 0 radical (unpaired) electrons. The topological polar surface area (TPSA) is 59.8 Å². The number of rotatable bonds is 4. The Bertz CT molecular complexity index is 1040. The molecule has 6 heteroatoms. The molecule has 0 atom stereocenters. The zero-order valence-corrected chi connectivity index (χ0v) is 14.5. The molecule has 0 fully saturated rings. The van der Waals surface area contributed by atoms with Gasteiger partial charge in [0.1, 0.15) is 11.3 Å². The van der Waals surface area contributed by atoms with Crippen molar-refractivity contribution in [1.29, 1.82) is 0 Å². The van der Waals surface area contributed by atoms with Gasteiger partial charge in [-0.2, -0.15) is 0 Å². The van der Waals surface area contributed by atoms with Gasteiger partial charge in [0, 0.05) is 22.3 Å². The number of hydrogen-bond donors (Lipinski definition) is 1. The Morgan fingerprint density at radius 2 is 2.12 bits per heavy atom. The van der Waals surface area contributed by atoms with Crippen molar-refractivity contribution in [3.05, 3.63) is 76.4 Å². The van der Waals surface area contributed by atoms with Crippen LogP contribution in [0.3, 0.4) is 0 Å². The summed E-state index contributed by atoms with van der Waals surface area (Å²) in [5.41, 5.74) is 3.12. The van der Waals surface area contributed by atoms with E-state index < -0.39 is 0 Å². The van der Waals surface area contributed by atoms with Crippen molar-refractivity contribution in [2.24, 2.45) is 0 Å². The number of nitrogens with one attached hydrogen (secondary N) is 1. The summed E-state index contributed by atoms with van der Waals surface area (Å²) in [6, 6.07) is 15.3. The number of imidazole rings is 1. The molecule has 4 aromatic rings. The molecule has 4 rings (SSSR count). The van der Waals surface area contributed by atoms with Crippen LogP contribution in [0.2, 0.25) is 0 Å². The highest BCUT2D eigenvalue weighted by Crippen LogP contribution is 2.20. The van der Waals surface area contributed by atoms with Gasteiger partial charge in [0.05, 0.1) is 6.54 Å². The fraction of sp³-hybridized carbons (Fsp3) is 0.105. The monoisotopic (exact) mass is 348 g/mol. The highest BCUT2D eigenvalue weighted by Gasteiger charge is 2.12. The van der Waals surface area contributed by atoms with Gasteiger partial charge in [0.15, 0.2) is 5.65 Å². The number of nitrogens with zero attached hydrogens (tertiary/aromatic N) is 3. The molecule has 0 unspecified atom stereocenters. The van der Waals surface area contributed by atoms with Crippen molar-refractivity contribution in [1.82, 2.24) is 19.9 Å². The summed E-state index contributed by atoms with van der Waals surface area (Å²) < 4.78 is 1.96. The van der Waals surface area contributed by atoms with Gasteiger partial charge in [-0.1, -0.05) is 12.1 Å². The third-order valence-electron chi connectivity index (χ3n) is 3.95. The molecule has 0 bridgehead atoms. The van der Waals surface area contributed by atoms with Crippen LogP contribution in [-0.4, -0.2) is 20.4 Å². The summed E-state index contributed by atoms with van der Waals surface area (Å²) in [6.45, 7) is 2.47. The first-order valence-corrected chi connectivity index (χ1v) is 8.81. The Morgan fingerprint density at radius 1 is 1.20 bits per heavy atom. The quantitative estimate of drug-likeness (QED) is 0.611. The average molecular weight is 348 g/mol. The van der Waals surface area contributed by atoms with Crippen LogP contribution in [0.25, 0.3) is 16.9 Å². The lowest BCUT2D eigenvalue weighted by atomic mass is 10.2. The van der Waals surface area contributed by atoms with Crippen molar-refractivity contribution < 1.29 is 4.79 Å². The number of aryl methyl sites for hydroxylation is 1. The first-order chi connectivity index (χ1) is 12.2. The molecule has 1 aromatic carbocycles. The number of hydrogen-bond acceptors (Lipinski definition) is 4. The van der Waals surface area contributed by atoms with Crippen LogP contribution in [-0.2, 0) is 6.54 Å². The van der Waals surface area contributed by atoms with E-state index in [1.54, 1.807) is 17.5 Å². The molecule has 124 valence electrons. The number of benzene rings is 1. The molecule has 3 heterocycles. The van der Waals surface area contributed by atoms with Crippen LogP contribution in [0, 0.1) is 6.92 Å². The highest BCUT2D eigenvalue weighted by atomic mass is 32.1. The van der Waals surface area contributed by atoms with Crippen molar-refractivity contribution in [3.8, 4) is 5.69 Å². The van der Waals surface area contributed by atoms with Gasteiger partial charge in [0.25, 0.3) is 5.91 Å². The standard InChI is InChI=1S/C19H16N4OS/c1-13-22-17-8-3-9-20-18(17)23(13)15-6-2-5-14(11-15)19(24)21-12-16-7-4-10-25-16/h2-11H,12H2,1H3,(H,21,24). The molecule has 5 nitrogen and oxygen atoms in total. The summed E-state index contributed by atoms with van der Waals surface area (Å²) in [5, 5.41) is 4.96. The maximum Gasteiger partial charge on any atom is 0.251 e. The minimum Gasteiger partial charge on any atom is -0.347 e. The van der Waals surface area contributed by atoms with E-state index in [1.165, 1.54) is 0 Å². The van der Waals surface area contributed by atoms with Crippen LogP contribution in [0.5, 0.6) is 0 Å².